The maximum absolute atomic E-state index is 11.3. The quantitative estimate of drug-likeness (QED) is 0.732. The molecule has 13 heavy (non-hydrogen) atoms. The van der Waals surface area contributed by atoms with Gasteiger partial charge in [-0.1, -0.05) is 6.92 Å². The Morgan fingerprint density at radius 1 is 1.62 bits per heavy atom. The Hall–Kier alpha value is -0.280. The Balaban J connectivity index is 0.00000144. The van der Waals surface area contributed by atoms with E-state index in [0.717, 1.165) is 19.5 Å². The number of nitrogens with one attached hydrogen (secondary N) is 1. The minimum atomic E-state index is 0. The summed E-state index contributed by atoms with van der Waals surface area (Å²) in [5.74, 6) is 0.253. The fourth-order valence-corrected chi connectivity index (χ4v) is 1.62. The molecule has 0 aromatic heterocycles. The van der Waals surface area contributed by atoms with Crippen molar-refractivity contribution in [3.05, 3.63) is 0 Å². The molecule has 3 nitrogen and oxygen atoms in total. The first-order valence-electron chi connectivity index (χ1n) is 4.72. The number of amides is 1. The number of carbonyl (C=O) groups is 1. The second kappa shape index (κ2) is 6.22. The highest BCUT2D eigenvalue weighted by Crippen LogP contribution is 2.09. The average molecular weight is 207 g/mol. The van der Waals surface area contributed by atoms with Gasteiger partial charge in [0.25, 0.3) is 0 Å². The third-order valence-electron chi connectivity index (χ3n) is 2.51. The van der Waals surface area contributed by atoms with E-state index in [9.17, 15) is 4.79 Å². The second-order valence-electron chi connectivity index (χ2n) is 3.36. The predicted octanol–water partition coefficient (Wildman–Crippen LogP) is 1.03. The first-order valence-corrected chi connectivity index (χ1v) is 4.72. The van der Waals surface area contributed by atoms with Gasteiger partial charge in [0, 0.05) is 26.1 Å². The molecule has 0 bridgehead atoms. The first kappa shape index (κ1) is 12.7. The predicted molar refractivity (Wildman–Crippen MR) is 56.2 cm³/mol. The van der Waals surface area contributed by atoms with Crippen molar-refractivity contribution in [3.8, 4) is 0 Å². The largest absolute Gasteiger partial charge is 0.342 e. The molecule has 1 rings (SSSR count). The van der Waals surface area contributed by atoms with Crippen LogP contribution in [0.15, 0.2) is 0 Å². The van der Waals surface area contributed by atoms with E-state index in [1.54, 1.807) is 0 Å². The van der Waals surface area contributed by atoms with E-state index in [4.69, 9.17) is 0 Å². The van der Waals surface area contributed by atoms with Crippen molar-refractivity contribution in [2.75, 3.05) is 20.1 Å². The zero-order valence-corrected chi connectivity index (χ0v) is 9.19. The van der Waals surface area contributed by atoms with E-state index in [-0.39, 0.29) is 18.3 Å². The normalized spacial score (nSPS) is 21.8. The number of hydrogen-bond acceptors (Lipinski definition) is 2. The van der Waals surface area contributed by atoms with Gasteiger partial charge in [0.15, 0.2) is 0 Å². The van der Waals surface area contributed by atoms with Crippen molar-refractivity contribution in [1.29, 1.82) is 0 Å². The van der Waals surface area contributed by atoms with E-state index in [2.05, 4.69) is 5.32 Å². The SMILES string of the molecule is CCC(=O)N(C)C1CCCNC1.Cl. The van der Waals surface area contributed by atoms with Crippen molar-refractivity contribution in [2.45, 2.75) is 32.2 Å². The second-order valence-corrected chi connectivity index (χ2v) is 3.36. The summed E-state index contributed by atoms with van der Waals surface area (Å²) >= 11 is 0. The molecule has 1 atom stereocenters. The van der Waals surface area contributed by atoms with Gasteiger partial charge in [-0.3, -0.25) is 4.79 Å². The Labute approximate surface area is 86.3 Å². The number of halogens is 1. The van der Waals surface area contributed by atoms with Crippen LogP contribution in [0.2, 0.25) is 0 Å². The van der Waals surface area contributed by atoms with Crippen molar-refractivity contribution in [2.24, 2.45) is 0 Å². The minimum Gasteiger partial charge on any atom is -0.342 e. The molecular formula is C9H19ClN2O. The van der Waals surface area contributed by atoms with Crippen LogP contribution in [0.4, 0.5) is 0 Å². The van der Waals surface area contributed by atoms with Crippen LogP contribution in [0.1, 0.15) is 26.2 Å². The first-order chi connectivity index (χ1) is 5.75. The van der Waals surface area contributed by atoms with Crippen LogP contribution < -0.4 is 5.32 Å². The molecule has 1 aliphatic rings. The van der Waals surface area contributed by atoms with E-state index in [1.165, 1.54) is 6.42 Å². The fraction of sp³-hybridized carbons (Fsp3) is 0.889. The van der Waals surface area contributed by atoms with E-state index < -0.39 is 0 Å². The zero-order chi connectivity index (χ0) is 8.97. The molecule has 1 aliphatic heterocycles. The lowest BCUT2D eigenvalue weighted by Gasteiger charge is -2.31. The Bertz CT molecular complexity index is 158. The maximum Gasteiger partial charge on any atom is 0.222 e. The van der Waals surface area contributed by atoms with E-state index in [1.807, 2.05) is 18.9 Å². The van der Waals surface area contributed by atoms with E-state index in [0.29, 0.717) is 12.5 Å². The lowest BCUT2D eigenvalue weighted by atomic mass is 10.1. The third kappa shape index (κ3) is 3.53. The van der Waals surface area contributed by atoms with Gasteiger partial charge in [-0.15, -0.1) is 12.4 Å². The number of nitrogens with zero attached hydrogens (tertiary/aromatic N) is 1. The molecule has 1 heterocycles. The van der Waals surface area contributed by atoms with Crippen molar-refractivity contribution in [1.82, 2.24) is 10.2 Å². The summed E-state index contributed by atoms with van der Waals surface area (Å²) in [5.41, 5.74) is 0. The summed E-state index contributed by atoms with van der Waals surface area (Å²) in [5, 5.41) is 3.30. The average Bonchev–Trinajstić information content (AvgIpc) is 2.17. The fourth-order valence-electron chi connectivity index (χ4n) is 1.62. The number of piperidine rings is 1. The minimum absolute atomic E-state index is 0. The summed E-state index contributed by atoms with van der Waals surface area (Å²) in [6, 6.07) is 0.422. The standard InChI is InChI=1S/C9H18N2O.ClH/c1-3-9(12)11(2)8-5-4-6-10-7-8;/h8,10H,3-7H2,1-2H3;1H. The number of rotatable bonds is 2. The molecule has 0 spiro atoms. The van der Waals surface area contributed by atoms with E-state index >= 15 is 0 Å². The molecule has 78 valence electrons. The Kier molecular flexibility index (Phi) is 6.08. The molecule has 0 aliphatic carbocycles. The van der Waals surface area contributed by atoms with Crippen LogP contribution in [0.25, 0.3) is 0 Å². The van der Waals surface area contributed by atoms with Gasteiger partial charge < -0.3 is 10.2 Å². The summed E-state index contributed by atoms with van der Waals surface area (Å²) in [6.45, 7) is 3.97. The molecule has 1 unspecified atom stereocenters. The molecule has 0 aromatic carbocycles. The lowest BCUT2D eigenvalue weighted by molar-refractivity contribution is -0.131. The number of hydrogen-bond donors (Lipinski definition) is 1. The summed E-state index contributed by atoms with van der Waals surface area (Å²) in [6.07, 6.45) is 2.95. The van der Waals surface area contributed by atoms with Crippen LogP contribution in [-0.4, -0.2) is 37.0 Å². The molecule has 0 aromatic rings. The Morgan fingerprint density at radius 2 is 2.31 bits per heavy atom. The van der Waals surface area contributed by atoms with Gasteiger partial charge in [-0.2, -0.15) is 0 Å². The monoisotopic (exact) mass is 206 g/mol. The van der Waals surface area contributed by atoms with Gasteiger partial charge in [0.05, 0.1) is 0 Å². The summed E-state index contributed by atoms with van der Waals surface area (Å²) < 4.78 is 0. The topological polar surface area (TPSA) is 32.3 Å². The smallest absolute Gasteiger partial charge is 0.222 e. The molecule has 0 radical (unpaired) electrons. The van der Waals surface area contributed by atoms with Crippen molar-refractivity contribution in [3.63, 3.8) is 0 Å². The molecular weight excluding hydrogens is 188 g/mol. The van der Waals surface area contributed by atoms with Crippen LogP contribution in [0.5, 0.6) is 0 Å². The van der Waals surface area contributed by atoms with Crippen LogP contribution in [0, 0.1) is 0 Å². The zero-order valence-electron chi connectivity index (χ0n) is 8.38. The molecule has 1 saturated heterocycles. The molecule has 0 saturated carbocycles. The molecule has 1 fully saturated rings. The highest BCUT2D eigenvalue weighted by molar-refractivity contribution is 5.85. The Morgan fingerprint density at radius 3 is 2.77 bits per heavy atom. The number of likely N-dealkylation sites (N-methyl/N-ethyl adjacent to an activating group) is 1. The highest BCUT2D eigenvalue weighted by atomic mass is 35.5. The molecule has 1 amide bonds. The lowest BCUT2D eigenvalue weighted by Crippen LogP contribution is -2.46. The van der Waals surface area contributed by atoms with Gasteiger partial charge in [0.2, 0.25) is 5.91 Å². The van der Waals surface area contributed by atoms with Gasteiger partial charge >= 0.3 is 0 Å². The molecule has 1 N–H and O–H groups in total. The van der Waals surface area contributed by atoms with Crippen LogP contribution >= 0.6 is 12.4 Å². The van der Waals surface area contributed by atoms with Gasteiger partial charge in [-0.05, 0) is 19.4 Å². The molecule has 4 heteroatoms. The van der Waals surface area contributed by atoms with Crippen LogP contribution in [0.3, 0.4) is 0 Å². The van der Waals surface area contributed by atoms with Gasteiger partial charge in [0.1, 0.15) is 0 Å². The highest BCUT2D eigenvalue weighted by Gasteiger charge is 2.20. The number of carbonyl (C=O) groups excluding carboxylic acids is 1. The van der Waals surface area contributed by atoms with Crippen molar-refractivity contribution >= 4 is 18.3 Å². The van der Waals surface area contributed by atoms with Crippen LogP contribution in [-0.2, 0) is 4.79 Å². The van der Waals surface area contributed by atoms with Gasteiger partial charge in [-0.25, -0.2) is 0 Å². The summed E-state index contributed by atoms with van der Waals surface area (Å²) in [4.78, 5) is 13.2. The van der Waals surface area contributed by atoms with Crippen molar-refractivity contribution < 1.29 is 4.79 Å². The summed E-state index contributed by atoms with van der Waals surface area (Å²) in [7, 11) is 1.91. The maximum atomic E-state index is 11.3. The third-order valence-corrected chi connectivity index (χ3v) is 2.51.